The van der Waals surface area contributed by atoms with Gasteiger partial charge in [0.05, 0.1) is 17.7 Å². The fraction of sp³-hybridized carbons (Fsp3) is 0.600. The fourth-order valence-corrected chi connectivity index (χ4v) is 2.99. The van der Waals surface area contributed by atoms with Crippen LogP contribution in [0.1, 0.15) is 23.1 Å². The quantitative estimate of drug-likeness (QED) is 0.838. The molecule has 19 heavy (non-hydrogen) atoms. The molecule has 0 radical (unpaired) electrons. The van der Waals surface area contributed by atoms with Crippen LogP contribution in [0.4, 0.5) is 4.39 Å². The molecule has 1 saturated heterocycles. The Morgan fingerprint density at radius 3 is 2.68 bits per heavy atom. The van der Waals surface area contributed by atoms with E-state index < -0.39 is 0 Å². The molecular formula is C15H21BrFNO. The van der Waals surface area contributed by atoms with E-state index in [1.54, 1.807) is 6.07 Å². The topological polar surface area (TPSA) is 12.5 Å². The summed E-state index contributed by atoms with van der Waals surface area (Å²) in [4.78, 5) is 2.44. The van der Waals surface area contributed by atoms with E-state index in [0.29, 0.717) is 4.47 Å². The molecule has 0 N–H and O–H groups in total. The van der Waals surface area contributed by atoms with E-state index >= 15 is 0 Å². The SMILES string of the molecule is Cc1cc(F)c(Br)c(C)c1CCCN1CCOCC1. The zero-order chi connectivity index (χ0) is 13.8. The first-order valence-corrected chi connectivity index (χ1v) is 7.63. The summed E-state index contributed by atoms with van der Waals surface area (Å²) < 4.78 is 19.5. The molecular weight excluding hydrogens is 309 g/mol. The molecule has 0 bridgehead atoms. The molecule has 106 valence electrons. The van der Waals surface area contributed by atoms with Crippen LogP contribution in [0.5, 0.6) is 0 Å². The number of hydrogen-bond donors (Lipinski definition) is 0. The second-order valence-corrected chi connectivity index (χ2v) is 5.94. The molecule has 1 aliphatic rings. The summed E-state index contributed by atoms with van der Waals surface area (Å²) in [5.41, 5.74) is 3.38. The van der Waals surface area contributed by atoms with E-state index in [4.69, 9.17) is 4.74 Å². The van der Waals surface area contributed by atoms with Crippen LogP contribution in [-0.2, 0) is 11.2 Å². The van der Waals surface area contributed by atoms with Crippen molar-refractivity contribution in [3.63, 3.8) is 0 Å². The number of aryl methyl sites for hydroxylation is 1. The smallest absolute Gasteiger partial charge is 0.137 e. The summed E-state index contributed by atoms with van der Waals surface area (Å²) in [6.45, 7) is 8.84. The highest BCUT2D eigenvalue weighted by Crippen LogP contribution is 2.27. The van der Waals surface area contributed by atoms with Gasteiger partial charge in [-0.2, -0.15) is 0 Å². The average molecular weight is 330 g/mol. The van der Waals surface area contributed by atoms with Crippen LogP contribution < -0.4 is 0 Å². The fourth-order valence-electron chi connectivity index (χ4n) is 2.64. The molecule has 0 aliphatic carbocycles. The van der Waals surface area contributed by atoms with Crippen LogP contribution in [-0.4, -0.2) is 37.7 Å². The molecule has 0 aromatic heterocycles. The minimum Gasteiger partial charge on any atom is -0.379 e. The van der Waals surface area contributed by atoms with Gasteiger partial charge < -0.3 is 4.74 Å². The van der Waals surface area contributed by atoms with Gasteiger partial charge in [0, 0.05) is 13.1 Å². The zero-order valence-electron chi connectivity index (χ0n) is 11.6. The third kappa shape index (κ3) is 3.77. The third-order valence-electron chi connectivity index (χ3n) is 3.82. The number of morpholine rings is 1. The van der Waals surface area contributed by atoms with Crippen LogP contribution in [0.15, 0.2) is 10.5 Å². The molecule has 4 heteroatoms. The maximum absolute atomic E-state index is 13.6. The monoisotopic (exact) mass is 329 g/mol. The molecule has 1 aromatic carbocycles. The molecule has 2 nitrogen and oxygen atoms in total. The molecule has 0 atom stereocenters. The zero-order valence-corrected chi connectivity index (χ0v) is 13.2. The average Bonchev–Trinajstić information content (AvgIpc) is 2.41. The Hall–Kier alpha value is -0.450. The molecule has 0 unspecified atom stereocenters. The second kappa shape index (κ2) is 6.82. The highest BCUT2D eigenvalue weighted by Gasteiger charge is 2.13. The van der Waals surface area contributed by atoms with Crippen molar-refractivity contribution in [2.75, 3.05) is 32.8 Å². The normalized spacial score (nSPS) is 16.8. The second-order valence-electron chi connectivity index (χ2n) is 5.15. The van der Waals surface area contributed by atoms with Crippen molar-refractivity contribution < 1.29 is 9.13 Å². The summed E-state index contributed by atoms with van der Waals surface area (Å²) in [6.07, 6.45) is 2.12. The van der Waals surface area contributed by atoms with Gasteiger partial charge in [0.1, 0.15) is 5.82 Å². The lowest BCUT2D eigenvalue weighted by atomic mass is 9.98. The Labute approximate surface area is 123 Å². The van der Waals surface area contributed by atoms with E-state index in [0.717, 1.165) is 56.8 Å². The highest BCUT2D eigenvalue weighted by molar-refractivity contribution is 9.10. The van der Waals surface area contributed by atoms with Crippen LogP contribution in [0.2, 0.25) is 0 Å². The lowest BCUT2D eigenvalue weighted by Crippen LogP contribution is -2.37. The lowest BCUT2D eigenvalue weighted by Gasteiger charge is -2.26. The number of ether oxygens (including phenoxy) is 1. The Bertz CT molecular complexity index is 444. The van der Waals surface area contributed by atoms with Gasteiger partial charge in [-0.15, -0.1) is 0 Å². The highest BCUT2D eigenvalue weighted by atomic mass is 79.9. The maximum atomic E-state index is 13.6. The summed E-state index contributed by atoms with van der Waals surface area (Å²) in [5.74, 6) is -0.160. The Morgan fingerprint density at radius 2 is 2.00 bits per heavy atom. The summed E-state index contributed by atoms with van der Waals surface area (Å²) in [6, 6.07) is 1.63. The number of hydrogen-bond acceptors (Lipinski definition) is 2. The van der Waals surface area contributed by atoms with E-state index in [1.807, 2.05) is 13.8 Å². The van der Waals surface area contributed by atoms with Gasteiger partial charge in [-0.1, -0.05) is 0 Å². The van der Waals surface area contributed by atoms with Gasteiger partial charge in [-0.3, -0.25) is 4.90 Å². The summed E-state index contributed by atoms with van der Waals surface area (Å²) in [7, 11) is 0. The molecule has 1 aromatic rings. The van der Waals surface area contributed by atoms with E-state index in [9.17, 15) is 4.39 Å². The molecule has 0 amide bonds. The van der Waals surface area contributed by atoms with Crippen molar-refractivity contribution in [2.24, 2.45) is 0 Å². The van der Waals surface area contributed by atoms with E-state index in [1.165, 1.54) is 5.56 Å². The van der Waals surface area contributed by atoms with Crippen molar-refractivity contribution in [3.8, 4) is 0 Å². The van der Waals surface area contributed by atoms with Crippen molar-refractivity contribution in [1.29, 1.82) is 0 Å². The molecule has 1 heterocycles. The van der Waals surface area contributed by atoms with Crippen molar-refractivity contribution >= 4 is 15.9 Å². The third-order valence-corrected chi connectivity index (χ3v) is 4.79. The van der Waals surface area contributed by atoms with Gasteiger partial charge in [-0.05, 0) is 71.9 Å². The first-order chi connectivity index (χ1) is 9.09. The minimum absolute atomic E-state index is 0.160. The summed E-state index contributed by atoms with van der Waals surface area (Å²) in [5, 5.41) is 0. The molecule has 0 spiro atoms. The van der Waals surface area contributed by atoms with Crippen molar-refractivity contribution in [2.45, 2.75) is 26.7 Å². The predicted octanol–water partition coefficient (Wildman–Crippen LogP) is 3.47. The molecule has 1 aliphatic heterocycles. The first-order valence-electron chi connectivity index (χ1n) is 6.83. The molecule has 2 rings (SSSR count). The largest absolute Gasteiger partial charge is 0.379 e. The van der Waals surface area contributed by atoms with Gasteiger partial charge in [0.2, 0.25) is 0 Å². The standard InChI is InChI=1S/C15H21BrFNO/c1-11-10-14(17)15(16)12(2)13(11)4-3-5-18-6-8-19-9-7-18/h10H,3-9H2,1-2H3. The number of benzene rings is 1. The summed E-state index contributed by atoms with van der Waals surface area (Å²) >= 11 is 3.33. The minimum atomic E-state index is -0.160. The number of halogens is 2. The Morgan fingerprint density at radius 1 is 1.32 bits per heavy atom. The lowest BCUT2D eigenvalue weighted by molar-refractivity contribution is 0.0374. The van der Waals surface area contributed by atoms with Crippen LogP contribution in [0.3, 0.4) is 0 Å². The van der Waals surface area contributed by atoms with Gasteiger partial charge >= 0.3 is 0 Å². The van der Waals surface area contributed by atoms with Gasteiger partial charge in [0.15, 0.2) is 0 Å². The molecule has 1 fully saturated rings. The predicted molar refractivity (Wildman–Crippen MR) is 79.2 cm³/mol. The molecule has 0 saturated carbocycles. The number of rotatable bonds is 4. The van der Waals surface area contributed by atoms with Gasteiger partial charge in [0.25, 0.3) is 0 Å². The van der Waals surface area contributed by atoms with Gasteiger partial charge in [-0.25, -0.2) is 4.39 Å². The number of nitrogens with zero attached hydrogens (tertiary/aromatic N) is 1. The Balaban J connectivity index is 1.94. The Kier molecular flexibility index (Phi) is 5.37. The van der Waals surface area contributed by atoms with Crippen LogP contribution >= 0.6 is 15.9 Å². The van der Waals surface area contributed by atoms with Crippen LogP contribution in [0, 0.1) is 19.7 Å². The maximum Gasteiger partial charge on any atom is 0.137 e. The first kappa shape index (κ1) is 14.9. The van der Waals surface area contributed by atoms with Crippen molar-refractivity contribution in [3.05, 3.63) is 33.0 Å². The van der Waals surface area contributed by atoms with E-state index in [-0.39, 0.29) is 5.82 Å². The van der Waals surface area contributed by atoms with E-state index in [2.05, 4.69) is 20.8 Å². The van der Waals surface area contributed by atoms with Crippen LogP contribution in [0.25, 0.3) is 0 Å². The van der Waals surface area contributed by atoms with Crippen molar-refractivity contribution in [1.82, 2.24) is 4.90 Å².